The van der Waals surface area contributed by atoms with Crippen LogP contribution in [0.5, 0.6) is 0 Å². The maximum atomic E-state index is 6.16. The maximum absolute atomic E-state index is 6.16. The lowest BCUT2D eigenvalue weighted by molar-refractivity contribution is 0.00940. The van der Waals surface area contributed by atoms with Gasteiger partial charge in [-0.15, -0.1) is 0 Å². The van der Waals surface area contributed by atoms with E-state index in [0.29, 0.717) is 6.04 Å². The minimum absolute atomic E-state index is 0.0715. The van der Waals surface area contributed by atoms with E-state index in [1.807, 2.05) is 0 Å². The Morgan fingerprint density at radius 2 is 1.30 bits per heavy atom. The van der Waals surface area contributed by atoms with Gasteiger partial charge < -0.3 is 10.5 Å². The van der Waals surface area contributed by atoms with Crippen LogP contribution in [0.2, 0.25) is 0 Å². The lowest BCUT2D eigenvalue weighted by atomic mass is 9.95. The first-order valence-electron chi connectivity index (χ1n) is 8.82. The molecule has 0 radical (unpaired) electrons. The van der Waals surface area contributed by atoms with Gasteiger partial charge in [-0.05, 0) is 26.7 Å². The van der Waals surface area contributed by atoms with Gasteiger partial charge in [-0.3, -0.25) is 0 Å². The normalized spacial score (nSPS) is 13.7. The van der Waals surface area contributed by atoms with E-state index < -0.39 is 0 Å². The highest BCUT2D eigenvalue weighted by Crippen LogP contribution is 2.18. The summed E-state index contributed by atoms with van der Waals surface area (Å²) in [6.45, 7) is 6.51. The van der Waals surface area contributed by atoms with E-state index in [2.05, 4.69) is 20.8 Å². The molecule has 0 aromatic heterocycles. The first-order chi connectivity index (χ1) is 9.52. The van der Waals surface area contributed by atoms with Gasteiger partial charge in [-0.25, -0.2) is 0 Å². The zero-order chi connectivity index (χ0) is 15.3. The largest absolute Gasteiger partial charge is 0.379 e. The molecular weight excluding hydrogens is 246 g/mol. The molecule has 0 aromatic rings. The van der Waals surface area contributed by atoms with Crippen LogP contribution in [0.25, 0.3) is 0 Å². The molecule has 0 aliphatic heterocycles. The van der Waals surface area contributed by atoms with Crippen LogP contribution in [0.4, 0.5) is 0 Å². The van der Waals surface area contributed by atoms with Crippen molar-refractivity contribution in [1.29, 1.82) is 0 Å². The Bertz CT molecular complexity index is 204. The Kier molecular flexibility index (Phi) is 12.6. The van der Waals surface area contributed by atoms with Gasteiger partial charge in [0.05, 0.1) is 5.60 Å². The molecule has 2 nitrogen and oxygen atoms in total. The number of hydrogen-bond acceptors (Lipinski definition) is 2. The average Bonchev–Trinajstić information content (AvgIpc) is 2.40. The highest BCUT2D eigenvalue weighted by Gasteiger charge is 2.19. The second kappa shape index (κ2) is 12.6. The van der Waals surface area contributed by atoms with Crippen LogP contribution >= 0.6 is 0 Å². The summed E-state index contributed by atoms with van der Waals surface area (Å²) in [4.78, 5) is 0. The van der Waals surface area contributed by atoms with Crippen molar-refractivity contribution in [2.75, 3.05) is 7.11 Å². The van der Waals surface area contributed by atoms with Crippen molar-refractivity contribution < 1.29 is 4.74 Å². The molecule has 0 saturated heterocycles. The summed E-state index contributed by atoms with van der Waals surface area (Å²) in [6.07, 6.45) is 16.0. The number of rotatable bonds is 14. The van der Waals surface area contributed by atoms with E-state index in [1.165, 1.54) is 64.2 Å². The monoisotopic (exact) mass is 285 g/mol. The third-order valence-corrected chi connectivity index (χ3v) is 4.23. The van der Waals surface area contributed by atoms with Crippen molar-refractivity contribution >= 4 is 0 Å². The minimum Gasteiger partial charge on any atom is -0.379 e. The number of hydrogen-bond donors (Lipinski definition) is 1. The van der Waals surface area contributed by atoms with Crippen molar-refractivity contribution in [3.63, 3.8) is 0 Å². The van der Waals surface area contributed by atoms with Crippen molar-refractivity contribution in [3.05, 3.63) is 0 Å². The molecule has 20 heavy (non-hydrogen) atoms. The summed E-state index contributed by atoms with van der Waals surface area (Å²) in [5.74, 6) is 0. The van der Waals surface area contributed by atoms with Gasteiger partial charge in [0, 0.05) is 13.2 Å². The summed E-state index contributed by atoms with van der Waals surface area (Å²) >= 11 is 0. The SMILES string of the molecule is CCCCCCCCCCCCC(N)CC(C)(C)OC. The number of ether oxygens (including phenoxy) is 1. The molecule has 1 atom stereocenters. The van der Waals surface area contributed by atoms with Gasteiger partial charge in [0.1, 0.15) is 0 Å². The van der Waals surface area contributed by atoms with Gasteiger partial charge in [0.2, 0.25) is 0 Å². The Balaban J connectivity index is 3.27. The Morgan fingerprint density at radius 1 is 0.850 bits per heavy atom. The van der Waals surface area contributed by atoms with Crippen LogP contribution in [0.1, 0.15) is 97.8 Å². The fourth-order valence-corrected chi connectivity index (χ4v) is 2.71. The summed E-state index contributed by atoms with van der Waals surface area (Å²) in [6, 6.07) is 0.291. The highest BCUT2D eigenvalue weighted by molar-refractivity contribution is 4.75. The van der Waals surface area contributed by atoms with E-state index in [-0.39, 0.29) is 5.60 Å². The zero-order valence-corrected chi connectivity index (χ0v) is 14.5. The second-order valence-corrected chi connectivity index (χ2v) is 6.90. The van der Waals surface area contributed by atoms with Gasteiger partial charge >= 0.3 is 0 Å². The topological polar surface area (TPSA) is 35.2 Å². The summed E-state index contributed by atoms with van der Waals surface area (Å²) < 4.78 is 5.43. The summed E-state index contributed by atoms with van der Waals surface area (Å²) in [5, 5.41) is 0. The van der Waals surface area contributed by atoms with Gasteiger partial charge in [0.25, 0.3) is 0 Å². The minimum atomic E-state index is -0.0715. The predicted octanol–water partition coefficient (Wildman–Crippen LogP) is 5.44. The van der Waals surface area contributed by atoms with Crippen LogP contribution < -0.4 is 5.73 Å². The Morgan fingerprint density at radius 3 is 1.75 bits per heavy atom. The molecule has 2 heteroatoms. The van der Waals surface area contributed by atoms with E-state index in [4.69, 9.17) is 10.5 Å². The van der Waals surface area contributed by atoms with E-state index in [1.54, 1.807) is 7.11 Å². The molecule has 0 rings (SSSR count). The number of nitrogens with two attached hydrogens (primary N) is 1. The summed E-state index contributed by atoms with van der Waals surface area (Å²) in [5.41, 5.74) is 6.09. The third kappa shape index (κ3) is 12.9. The highest BCUT2D eigenvalue weighted by atomic mass is 16.5. The van der Waals surface area contributed by atoms with Gasteiger partial charge in [-0.1, -0.05) is 71.1 Å². The van der Waals surface area contributed by atoms with Crippen LogP contribution in [-0.2, 0) is 4.74 Å². The van der Waals surface area contributed by atoms with Crippen molar-refractivity contribution in [1.82, 2.24) is 0 Å². The molecule has 2 N–H and O–H groups in total. The molecule has 0 spiro atoms. The lowest BCUT2D eigenvalue weighted by Gasteiger charge is -2.26. The van der Waals surface area contributed by atoms with Crippen LogP contribution in [-0.4, -0.2) is 18.8 Å². The fourth-order valence-electron chi connectivity index (χ4n) is 2.71. The fraction of sp³-hybridized carbons (Fsp3) is 1.00. The average molecular weight is 286 g/mol. The van der Waals surface area contributed by atoms with Crippen LogP contribution in [0, 0.1) is 0 Å². The van der Waals surface area contributed by atoms with Gasteiger partial charge in [0.15, 0.2) is 0 Å². The molecule has 1 unspecified atom stereocenters. The van der Waals surface area contributed by atoms with Crippen molar-refractivity contribution in [3.8, 4) is 0 Å². The lowest BCUT2D eigenvalue weighted by Crippen LogP contribution is -2.33. The number of unbranched alkanes of at least 4 members (excludes halogenated alkanes) is 9. The van der Waals surface area contributed by atoms with E-state index in [0.717, 1.165) is 12.8 Å². The zero-order valence-electron chi connectivity index (χ0n) is 14.5. The smallest absolute Gasteiger partial charge is 0.0637 e. The maximum Gasteiger partial charge on any atom is 0.0637 e. The van der Waals surface area contributed by atoms with Gasteiger partial charge in [-0.2, -0.15) is 0 Å². The first-order valence-corrected chi connectivity index (χ1v) is 8.82. The quantitative estimate of drug-likeness (QED) is 0.431. The first kappa shape index (κ1) is 19.9. The Hall–Kier alpha value is -0.0800. The van der Waals surface area contributed by atoms with E-state index >= 15 is 0 Å². The molecular formula is C18H39NO. The molecule has 0 aliphatic rings. The van der Waals surface area contributed by atoms with Crippen LogP contribution in [0.3, 0.4) is 0 Å². The second-order valence-electron chi connectivity index (χ2n) is 6.90. The third-order valence-electron chi connectivity index (χ3n) is 4.23. The molecule has 122 valence electrons. The van der Waals surface area contributed by atoms with Crippen molar-refractivity contribution in [2.45, 2.75) is 109 Å². The number of methoxy groups -OCH3 is 1. The van der Waals surface area contributed by atoms with Crippen LogP contribution in [0.15, 0.2) is 0 Å². The Labute approximate surface area is 127 Å². The molecule has 0 aromatic carbocycles. The van der Waals surface area contributed by atoms with Crippen molar-refractivity contribution in [2.24, 2.45) is 5.73 Å². The molecule has 0 saturated carbocycles. The van der Waals surface area contributed by atoms with E-state index in [9.17, 15) is 0 Å². The molecule has 0 amide bonds. The summed E-state index contributed by atoms with van der Waals surface area (Å²) in [7, 11) is 1.77. The predicted molar refractivity (Wildman–Crippen MR) is 90.1 cm³/mol. The standard InChI is InChI=1S/C18H39NO/c1-5-6-7-8-9-10-11-12-13-14-15-17(19)16-18(2,3)20-4/h17H,5-16,19H2,1-4H3. The molecule has 0 fully saturated rings. The molecule has 0 aliphatic carbocycles. The molecule has 0 heterocycles. The molecule has 0 bridgehead atoms.